The number of carboxylic acids is 1. The lowest BCUT2D eigenvalue weighted by Gasteiger charge is -2.30. The molecule has 2 fully saturated rings. The van der Waals surface area contributed by atoms with E-state index >= 15 is 0 Å². The number of carbonyl (C=O) groups is 3. The van der Waals surface area contributed by atoms with E-state index in [-0.39, 0.29) is 25.0 Å². The van der Waals surface area contributed by atoms with Gasteiger partial charge in [-0.2, -0.15) is 0 Å². The van der Waals surface area contributed by atoms with Crippen molar-refractivity contribution in [2.45, 2.75) is 37.3 Å². The summed E-state index contributed by atoms with van der Waals surface area (Å²) in [5.74, 6) is -1.36. The van der Waals surface area contributed by atoms with E-state index in [0.29, 0.717) is 38.9 Å². The molecule has 2 amide bonds. The van der Waals surface area contributed by atoms with E-state index in [1.165, 1.54) is 0 Å². The highest BCUT2D eigenvalue weighted by atomic mass is 16.5. The number of aliphatic carboxylic acids is 1. The summed E-state index contributed by atoms with van der Waals surface area (Å²) in [4.78, 5) is 40.6. The maximum absolute atomic E-state index is 13.6. The molecule has 1 atom stereocenters. The Hall–Kier alpha value is -4.17. The maximum atomic E-state index is 13.6. The third-order valence-electron chi connectivity index (χ3n) is 8.61. The zero-order chi connectivity index (χ0) is 27.7. The van der Waals surface area contributed by atoms with Gasteiger partial charge in [0, 0.05) is 32.1 Å². The molecule has 0 spiro atoms. The highest BCUT2D eigenvalue weighted by Gasteiger charge is 2.52. The molecule has 1 saturated carbocycles. The number of nitrogens with zero attached hydrogens (tertiary/aromatic N) is 1. The molecule has 6 rings (SSSR count). The van der Waals surface area contributed by atoms with E-state index in [0.717, 1.165) is 27.8 Å². The molecule has 1 unspecified atom stereocenters. The fourth-order valence-electron chi connectivity index (χ4n) is 6.08. The van der Waals surface area contributed by atoms with E-state index < -0.39 is 23.0 Å². The predicted octanol–water partition coefficient (Wildman–Crippen LogP) is 4.15. The lowest BCUT2D eigenvalue weighted by Crippen LogP contribution is -2.61. The highest BCUT2D eigenvalue weighted by molar-refractivity contribution is 5.91. The Balaban J connectivity index is 1.16. The lowest BCUT2D eigenvalue weighted by molar-refractivity contribution is -0.143. The first kappa shape index (κ1) is 26.1. The molecule has 3 aromatic carbocycles. The van der Waals surface area contributed by atoms with Crippen LogP contribution in [-0.2, 0) is 20.9 Å². The van der Waals surface area contributed by atoms with Gasteiger partial charge in [0.15, 0.2) is 0 Å². The average Bonchev–Trinajstić information content (AvgIpc) is 3.57. The molecule has 206 valence electrons. The molecule has 8 heteroatoms. The van der Waals surface area contributed by atoms with Crippen molar-refractivity contribution >= 4 is 18.0 Å². The number of nitrogens with one attached hydrogen (secondary N) is 2. The Morgan fingerprint density at radius 2 is 1.50 bits per heavy atom. The van der Waals surface area contributed by atoms with E-state index in [1.54, 1.807) is 0 Å². The molecule has 3 aromatic rings. The third kappa shape index (κ3) is 4.95. The number of hydrogen-bond acceptors (Lipinski definition) is 5. The van der Waals surface area contributed by atoms with Crippen molar-refractivity contribution in [2.24, 2.45) is 5.41 Å². The summed E-state index contributed by atoms with van der Waals surface area (Å²) in [5, 5.41) is 15.3. The Morgan fingerprint density at radius 3 is 2.12 bits per heavy atom. The maximum Gasteiger partial charge on any atom is 0.408 e. The smallest absolute Gasteiger partial charge is 0.408 e. The number of amides is 2. The molecule has 8 nitrogen and oxygen atoms in total. The van der Waals surface area contributed by atoms with Crippen LogP contribution in [0.1, 0.15) is 41.9 Å². The Bertz CT molecular complexity index is 1390. The van der Waals surface area contributed by atoms with Crippen molar-refractivity contribution in [3.8, 4) is 11.1 Å². The summed E-state index contributed by atoms with van der Waals surface area (Å²) in [6, 6.07) is 26.2. The molecule has 40 heavy (non-hydrogen) atoms. The first-order chi connectivity index (χ1) is 19.4. The van der Waals surface area contributed by atoms with Gasteiger partial charge in [0.05, 0.1) is 5.41 Å². The molecule has 1 saturated heterocycles. The summed E-state index contributed by atoms with van der Waals surface area (Å²) in [6.45, 7) is 1.75. The molecular weight excluding hydrogens is 506 g/mol. The van der Waals surface area contributed by atoms with Gasteiger partial charge in [-0.3, -0.25) is 14.5 Å². The summed E-state index contributed by atoms with van der Waals surface area (Å²) in [5.41, 5.74) is 3.51. The largest absolute Gasteiger partial charge is 0.481 e. The van der Waals surface area contributed by atoms with E-state index in [9.17, 15) is 19.5 Å². The monoisotopic (exact) mass is 539 g/mol. The SMILES string of the molecule is O=C(NC1(C(=O)NCC2(C(=O)O)CC2)CCN(Cc2ccccc2)C1)OCC1c2ccccc2-c2ccccc21. The predicted molar refractivity (Wildman–Crippen MR) is 150 cm³/mol. The van der Waals surface area contributed by atoms with Crippen LogP contribution < -0.4 is 10.6 Å². The minimum atomic E-state index is -1.22. The van der Waals surface area contributed by atoms with Crippen molar-refractivity contribution in [1.82, 2.24) is 15.5 Å². The van der Waals surface area contributed by atoms with Crippen LogP contribution >= 0.6 is 0 Å². The van der Waals surface area contributed by atoms with Crippen LogP contribution in [0.3, 0.4) is 0 Å². The van der Waals surface area contributed by atoms with Crippen LogP contribution in [0.25, 0.3) is 11.1 Å². The van der Waals surface area contributed by atoms with Crippen molar-refractivity contribution < 1.29 is 24.2 Å². The summed E-state index contributed by atoms with van der Waals surface area (Å²) in [7, 11) is 0. The first-order valence-corrected chi connectivity index (χ1v) is 13.8. The molecule has 3 aliphatic rings. The molecule has 0 bridgehead atoms. The van der Waals surface area contributed by atoms with Gasteiger partial charge in [0.1, 0.15) is 12.1 Å². The molecule has 0 aromatic heterocycles. The fraction of sp³-hybridized carbons (Fsp3) is 0.344. The number of likely N-dealkylation sites (tertiary alicyclic amines) is 1. The first-order valence-electron chi connectivity index (χ1n) is 13.8. The molecule has 1 heterocycles. The number of hydrogen-bond donors (Lipinski definition) is 3. The summed E-state index contributed by atoms with van der Waals surface area (Å²) < 4.78 is 5.78. The lowest BCUT2D eigenvalue weighted by atomic mass is 9.96. The van der Waals surface area contributed by atoms with Gasteiger partial charge < -0.3 is 20.5 Å². The van der Waals surface area contributed by atoms with E-state index in [1.807, 2.05) is 54.6 Å². The highest BCUT2D eigenvalue weighted by Crippen LogP contribution is 2.46. The van der Waals surface area contributed by atoms with Crippen molar-refractivity contribution in [1.29, 1.82) is 0 Å². The Labute approximate surface area is 233 Å². The number of fused-ring (bicyclic) bond motifs is 3. The number of carbonyl (C=O) groups excluding carboxylic acids is 2. The van der Waals surface area contributed by atoms with Gasteiger partial charge in [-0.05, 0) is 47.1 Å². The zero-order valence-electron chi connectivity index (χ0n) is 22.3. The third-order valence-corrected chi connectivity index (χ3v) is 8.61. The normalized spacial score (nSPS) is 20.8. The van der Waals surface area contributed by atoms with E-state index in [4.69, 9.17) is 4.74 Å². The Morgan fingerprint density at radius 1 is 0.875 bits per heavy atom. The quantitative estimate of drug-likeness (QED) is 0.377. The number of ether oxygens (including phenoxy) is 1. The second-order valence-electron chi connectivity index (χ2n) is 11.2. The minimum absolute atomic E-state index is 0.0496. The second-order valence-corrected chi connectivity index (χ2v) is 11.2. The molecule has 1 aliphatic heterocycles. The molecular formula is C32H33N3O5. The standard InChI is InChI=1S/C32H33N3O5/c36-28(33-20-31(14-15-31)29(37)38)32(16-17-35(21-32)18-22-8-2-1-3-9-22)34-30(39)40-19-27-25-12-6-4-10-23(25)24-11-5-7-13-26(24)27/h1-13,27H,14-21H2,(H,33,36)(H,34,39)(H,37,38). The average molecular weight is 540 g/mol. The van der Waals surface area contributed by atoms with Crippen molar-refractivity contribution in [3.63, 3.8) is 0 Å². The Kier molecular flexibility index (Phi) is 6.80. The van der Waals surface area contributed by atoms with Crippen LogP contribution in [0.4, 0.5) is 4.79 Å². The van der Waals surface area contributed by atoms with Gasteiger partial charge >= 0.3 is 12.1 Å². The van der Waals surface area contributed by atoms with Gasteiger partial charge in [-0.1, -0.05) is 78.9 Å². The van der Waals surface area contributed by atoms with Gasteiger partial charge in [0.25, 0.3) is 0 Å². The molecule has 0 radical (unpaired) electrons. The molecule has 3 N–H and O–H groups in total. The van der Waals surface area contributed by atoms with Crippen LogP contribution in [0.2, 0.25) is 0 Å². The van der Waals surface area contributed by atoms with Crippen LogP contribution in [0.15, 0.2) is 78.9 Å². The zero-order valence-corrected chi connectivity index (χ0v) is 22.3. The second kappa shape index (κ2) is 10.4. The fourth-order valence-corrected chi connectivity index (χ4v) is 6.08. The van der Waals surface area contributed by atoms with Crippen molar-refractivity contribution in [2.75, 3.05) is 26.2 Å². The van der Waals surface area contributed by atoms with Crippen LogP contribution in [0, 0.1) is 5.41 Å². The summed E-state index contributed by atoms with van der Waals surface area (Å²) >= 11 is 0. The topological polar surface area (TPSA) is 108 Å². The van der Waals surface area contributed by atoms with E-state index in [2.05, 4.69) is 39.8 Å². The van der Waals surface area contributed by atoms with Gasteiger partial charge in [-0.15, -0.1) is 0 Å². The number of benzene rings is 3. The number of rotatable bonds is 9. The van der Waals surface area contributed by atoms with Crippen LogP contribution in [-0.4, -0.2) is 59.8 Å². The van der Waals surface area contributed by atoms with Crippen LogP contribution in [0.5, 0.6) is 0 Å². The van der Waals surface area contributed by atoms with Gasteiger partial charge in [0.2, 0.25) is 5.91 Å². The number of alkyl carbamates (subject to hydrolysis) is 1. The van der Waals surface area contributed by atoms with Crippen molar-refractivity contribution in [3.05, 3.63) is 95.6 Å². The molecule has 2 aliphatic carbocycles. The summed E-state index contributed by atoms with van der Waals surface area (Å²) in [6.07, 6.45) is 0.819. The van der Waals surface area contributed by atoms with Gasteiger partial charge in [-0.25, -0.2) is 4.79 Å². The number of carboxylic acid groups (broad SMARTS) is 1. The minimum Gasteiger partial charge on any atom is -0.481 e.